The molecular formula is C29H37N3O4. The van der Waals surface area contributed by atoms with Crippen molar-refractivity contribution in [3.05, 3.63) is 64.7 Å². The van der Waals surface area contributed by atoms with Gasteiger partial charge in [0.25, 0.3) is 5.56 Å². The van der Waals surface area contributed by atoms with Crippen molar-refractivity contribution in [2.45, 2.75) is 58.4 Å². The minimum absolute atomic E-state index is 0.0349. The fourth-order valence-corrected chi connectivity index (χ4v) is 5.23. The van der Waals surface area contributed by atoms with Crippen LogP contribution >= 0.6 is 0 Å². The second-order valence-electron chi connectivity index (χ2n) is 9.34. The third-order valence-electron chi connectivity index (χ3n) is 7.00. The number of ether oxygens (including phenoxy) is 2. The van der Waals surface area contributed by atoms with E-state index in [1.165, 1.54) is 0 Å². The van der Waals surface area contributed by atoms with E-state index >= 15 is 0 Å². The molecular weight excluding hydrogens is 454 g/mol. The van der Waals surface area contributed by atoms with Crippen molar-refractivity contribution in [1.29, 1.82) is 0 Å². The Labute approximate surface area is 213 Å². The van der Waals surface area contributed by atoms with Crippen molar-refractivity contribution in [2.24, 2.45) is 5.92 Å². The fraction of sp³-hybridized carbons (Fsp3) is 0.483. The van der Waals surface area contributed by atoms with Gasteiger partial charge in [-0.1, -0.05) is 31.9 Å². The molecule has 7 heteroatoms. The first-order valence-electron chi connectivity index (χ1n) is 13.1. The van der Waals surface area contributed by atoms with Crippen LogP contribution in [0.1, 0.15) is 64.2 Å². The van der Waals surface area contributed by atoms with E-state index in [9.17, 15) is 9.59 Å². The molecule has 3 aromatic rings. The van der Waals surface area contributed by atoms with Crippen LogP contribution in [-0.2, 0) is 9.53 Å². The topological polar surface area (TPSA) is 73.7 Å². The Bertz CT molecular complexity index is 1220. The number of methoxy groups -OCH3 is 1. The highest BCUT2D eigenvalue weighted by atomic mass is 16.5. The first kappa shape index (κ1) is 25.9. The van der Waals surface area contributed by atoms with Gasteiger partial charge in [0.1, 0.15) is 11.6 Å². The van der Waals surface area contributed by atoms with Gasteiger partial charge in [-0.15, -0.1) is 0 Å². The lowest BCUT2D eigenvalue weighted by atomic mass is 10.0. The van der Waals surface area contributed by atoms with Gasteiger partial charge in [0.15, 0.2) is 0 Å². The normalized spacial score (nSPS) is 14.8. The quantitative estimate of drug-likeness (QED) is 0.341. The second kappa shape index (κ2) is 12.2. The van der Waals surface area contributed by atoms with Gasteiger partial charge in [-0.2, -0.15) is 0 Å². The summed E-state index contributed by atoms with van der Waals surface area (Å²) in [6, 6.07) is 14.6. The fourth-order valence-electron chi connectivity index (χ4n) is 5.23. The largest absolute Gasteiger partial charge is 0.494 e. The standard InChI is InChI=1S/C29H37N3O4/c1-4-26(31(19-10-20-35-3)28(33)21-11-6-7-12-21)27-30-25-14-9-8-13-24(25)29(34)32(27)22-15-17-23(18-16-22)36-5-2/h8-9,13-18,21,26H,4-7,10-12,19-20H2,1-3H3. The molecule has 36 heavy (non-hydrogen) atoms. The number of aromatic nitrogens is 2. The van der Waals surface area contributed by atoms with Crippen LogP contribution in [0, 0.1) is 5.92 Å². The van der Waals surface area contributed by atoms with Gasteiger partial charge >= 0.3 is 0 Å². The van der Waals surface area contributed by atoms with Crippen LogP contribution in [0.3, 0.4) is 0 Å². The molecule has 1 aliphatic carbocycles. The Morgan fingerprint density at radius 2 is 1.83 bits per heavy atom. The van der Waals surface area contributed by atoms with Crippen LogP contribution in [0.25, 0.3) is 16.6 Å². The van der Waals surface area contributed by atoms with Crippen LogP contribution in [-0.4, -0.2) is 47.2 Å². The summed E-state index contributed by atoms with van der Waals surface area (Å²) >= 11 is 0. The van der Waals surface area contributed by atoms with Crippen LogP contribution in [0.5, 0.6) is 5.75 Å². The molecule has 1 unspecified atom stereocenters. The third-order valence-corrected chi connectivity index (χ3v) is 7.00. The van der Waals surface area contributed by atoms with Crippen molar-refractivity contribution in [3.8, 4) is 11.4 Å². The lowest BCUT2D eigenvalue weighted by Gasteiger charge is -2.34. The maximum absolute atomic E-state index is 13.9. The summed E-state index contributed by atoms with van der Waals surface area (Å²) in [6.07, 6.45) is 5.40. The van der Waals surface area contributed by atoms with E-state index in [2.05, 4.69) is 6.92 Å². The Kier molecular flexibility index (Phi) is 8.75. The number of hydrogen-bond acceptors (Lipinski definition) is 5. The van der Waals surface area contributed by atoms with E-state index < -0.39 is 0 Å². The highest BCUT2D eigenvalue weighted by molar-refractivity contribution is 5.80. The summed E-state index contributed by atoms with van der Waals surface area (Å²) in [7, 11) is 1.68. The molecule has 1 atom stereocenters. The van der Waals surface area contributed by atoms with E-state index in [1.807, 2.05) is 54.3 Å². The molecule has 0 bridgehead atoms. The van der Waals surface area contributed by atoms with E-state index in [-0.39, 0.29) is 23.4 Å². The van der Waals surface area contributed by atoms with E-state index in [4.69, 9.17) is 14.5 Å². The van der Waals surface area contributed by atoms with Crippen molar-refractivity contribution in [2.75, 3.05) is 26.9 Å². The summed E-state index contributed by atoms with van der Waals surface area (Å²) in [5, 5.41) is 0.554. The van der Waals surface area contributed by atoms with Gasteiger partial charge < -0.3 is 14.4 Å². The van der Waals surface area contributed by atoms with Gasteiger partial charge in [-0.3, -0.25) is 14.2 Å². The first-order chi connectivity index (χ1) is 17.6. The zero-order chi connectivity index (χ0) is 25.5. The maximum atomic E-state index is 13.9. The molecule has 0 aliphatic heterocycles. The van der Waals surface area contributed by atoms with Crippen LogP contribution in [0.15, 0.2) is 53.3 Å². The summed E-state index contributed by atoms with van der Waals surface area (Å²) in [4.78, 5) is 34.6. The summed E-state index contributed by atoms with van der Waals surface area (Å²) in [5.41, 5.74) is 1.21. The molecule has 192 valence electrons. The highest BCUT2D eigenvalue weighted by Crippen LogP contribution is 2.32. The zero-order valence-electron chi connectivity index (χ0n) is 21.6. The number of amides is 1. The minimum Gasteiger partial charge on any atom is -0.494 e. The Hall–Kier alpha value is -3.19. The molecule has 0 N–H and O–H groups in total. The summed E-state index contributed by atoms with van der Waals surface area (Å²) in [6.45, 7) is 5.70. The average Bonchev–Trinajstić information content (AvgIpc) is 3.44. The van der Waals surface area contributed by atoms with Gasteiger partial charge in [0.05, 0.1) is 29.2 Å². The van der Waals surface area contributed by atoms with Crippen molar-refractivity contribution >= 4 is 16.8 Å². The van der Waals surface area contributed by atoms with Gasteiger partial charge in [-0.25, -0.2) is 4.98 Å². The molecule has 0 saturated heterocycles. The van der Waals surface area contributed by atoms with Crippen LogP contribution in [0.4, 0.5) is 0 Å². The zero-order valence-corrected chi connectivity index (χ0v) is 21.6. The maximum Gasteiger partial charge on any atom is 0.266 e. The monoisotopic (exact) mass is 491 g/mol. The van der Waals surface area contributed by atoms with Gasteiger partial charge in [0.2, 0.25) is 5.91 Å². The number of rotatable bonds is 11. The van der Waals surface area contributed by atoms with Crippen LogP contribution < -0.4 is 10.3 Å². The lowest BCUT2D eigenvalue weighted by Crippen LogP contribution is -2.42. The molecule has 1 heterocycles. The van der Waals surface area contributed by atoms with Crippen LogP contribution in [0.2, 0.25) is 0 Å². The molecule has 1 saturated carbocycles. The molecule has 0 spiro atoms. The molecule has 4 rings (SSSR count). The van der Waals surface area contributed by atoms with Crippen molar-refractivity contribution in [3.63, 3.8) is 0 Å². The predicted octanol–water partition coefficient (Wildman–Crippen LogP) is 5.29. The molecule has 2 aromatic carbocycles. The predicted molar refractivity (Wildman–Crippen MR) is 142 cm³/mol. The SMILES string of the molecule is CCOc1ccc(-n2c(C(CC)N(CCCOC)C(=O)C3CCCC3)nc3ccccc3c2=O)cc1. The smallest absolute Gasteiger partial charge is 0.266 e. The van der Waals surface area contributed by atoms with Crippen molar-refractivity contribution in [1.82, 2.24) is 14.5 Å². The van der Waals surface area contributed by atoms with Gasteiger partial charge in [0, 0.05) is 26.2 Å². The average molecular weight is 492 g/mol. The molecule has 0 radical (unpaired) electrons. The Balaban J connectivity index is 1.86. The molecule has 1 aromatic heterocycles. The van der Waals surface area contributed by atoms with E-state index in [0.717, 1.165) is 37.9 Å². The number of nitrogens with zero attached hydrogens (tertiary/aromatic N) is 3. The summed E-state index contributed by atoms with van der Waals surface area (Å²) < 4.78 is 12.6. The van der Waals surface area contributed by atoms with Crippen molar-refractivity contribution < 1.29 is 14.3 Å². The molecule has 1 aliphatic rings. The first-order valence-corrected chi connectivity index (χ1v) is 13.1. The van der Waals surface area contributed by atoms with Gasteiger partial charge in [-0.05, 0) is 69.0 Å². The molecule has 1 amide bonds. The van der Waals surface area contributed by atoms with E-state index in [0.29, 0.717) is 48.6 Å². The Morgan fingerprint density at radius 1 is 1.11 bits per heavy atom. The minimum atomic E-state index is -0.334. The Morgan fingerprint density at radius 3 is 2.50 bits per heavy atom. The van der Waals surface area contributed by atoms with E-state index in [1.54, 1.807) is 17.7 Å². The number of benzene rings is 2. The molecule has 7 nitrogen and oxygen atoms in total. The number of fused-ring (bicyclic) bond motifs is 1. The lowest BCUT2D eigenvalue weighted by molar-refractivity contribution is -0.138. The molecule has 1 fully saturated rings. The third kappa shape index (κ3) is 5.46. The highest BCUT2D eigenvalue weighted by Gasteiger charge is 2.33. The number of para-hydroxylation sites is 1. The number of carbonyl (C=O) groups excluding carboxylic acids is 1. The summed E-state index contributed by atoms with van der Waals surface area (Å²) in [5.74, 6) is 1.53. The number of carbonyl (C=O) groups is 1. The second-order valence-corrected chi connectivity index (χ2v) is 9.34. The number of hydrogen-bond donors (Lipinski definition) is 0.